The molecule has 0 aliphatic carbocycles. The van der Waals surface area contributed by atoms with Crippen molar-refractivity contribution in [2.75, 3.05) is 41.8 Å². The number of amides is 3. The zero-order chi connectivity index (χ0) is 21.3. The van der Waals surface area contributed by atoms with Gasteiger partial charge in [0.1, 0.15) is 5.82 Å². The first-order valence-corrected chi connectivity index (χ1v) is 10.2. The van der Waals surface area contributed by atoms with Gasteiger partial charge in [-0.3, -0.25) is 4.79 Å². The van der Waals surface area contributed by atoms with Gasteiger partial charge < -0.3 is 25.6 Å². The summed E-state index contributed by atoms with van der Waals surface area (Å²) in [7, 11) is 0. The molecule has 1 saturated heterocycles. The minimum absolute atomic E-state index is 0.0164. The number of aromatic nitrogens is 1. The van der Waals surface area contributed by atoms with Crippen molar-refractivity contribution in [2.24, 2.45) is 5.92 Å². The second kappa shape index (κ2) is 10.6. The molecule has 1 aromatic heterocycles. The van der Waals surface area contributed by atoms with Gasteiger partial charge in [-0.05, 0) is 47.9 Å². The lowest BCUT2D eigenvalue weighted by atomic mass is 10.1. The monoisotopic (exact) mass is 411 g/mol. The molecule has 1 aliphatic heterocycles. The molecular weight excluding hydrogens is 382 g/mol. The number of nitrogens with one attached hydrogen (secondary N) is 3. The molecule has 1 aromatic carbocycles. The summed E-state index contributed by atoms with van der Waals surface area (Å²) in [5.74, 6) is 1.19. The molecule has 1 fully saturated rings. The van der Waals surface area contributed by atoms with E-state index in [0.29, 0.717) is 43.5 Å². The van der Waals surface area contributed by atoms with Crippen molar-refractivity contribution in [2.45, 2.75) is 26.8 Å². The van der Waals surface area contributed by atoms with Crippen molar-refractivity contribution in [3.8, 4) is 0 Å². The standard InChI is InChI=1S/C22H29N5O3/c1-16(2)13-21(28)25-18-3-5-19(6-4-18)26-22(29)24-15-17-7-8-23-20(14-17)27-9-11-30-12-10-27/h3-8,14,16H,9-13,15H2,1-2H3,(H,25,28)(H2,24,26,29). The Hall–Kier alpha value is -3.13. The highest BCUT2D eigenvalue weighted by Gasteiger charge is 2.13. The molecule has 0 spiro atoms. The van der Waals surface area contributed by atoms with Crippen molar-refractivity contribution >= 4 is 29.1 Å². The average molecular weight is 412 g/mol. The molecule has 160 valence electrons. The molecule has 3 N–H and O–H groups in total. The van der Waals surface area contributed by atoms with Gasteiger partial charge in [-0.25, -0.2) is 9.78 Å². The normalized spacial score (nSPS) is 13.8. The molecule has 2 aromatic rings. The number of urea groups is 1. The lowest BCUT2D eigenvalue weighted by molar-refractivity contribution is -0.116. The fraction of sp³-hybridized carbons (Fsp3) is 0.409. The van der Waals surface area contributed by atoms with Gasteiger partial charge in [0.15, 0.2) is 0 Å². The molecule has 8 nitrogen and oxygen atoms in total. The first kappa shape index (κ1) is 21.6. The molecule has 2 heterocycles. The number of hydrogen-bond acceptors (Lipinski definition) is 5. The first-order chi connectivity index (χ1) is 14.5. The fourth-order valence-electron chi connectivity index (χ4n) is 3.11. The molecule has 0 bridgehead atoms. The predicted octanol–water partition coefficient (Wildman–Crippen LogP) is 3.22. The van der Waals surface area contributed by atoms with Crippen molar-refractivity contribution in [1.29, 1.82) is 0 Å². The van der Waals surface area contributed by atoms with Gasteiger partial charge in [-0.2, -0.15) is 0 Å². The van der Waals surface area contributed by atoms with Crippen molar-refractivity contribution in [3.63, 3.8) is 0 Å². The maximum Gasteiger partial charge on any atom is 0.319 e. The Morgan fingerprint density at radius 3 is 2.40 bits per heavy atom. The van der Waals surface area contributed by atoms with Gasteiger partial charge in [0, 0.05) is 43.6 Å². The van der Waals surface area contributed by atoms with Crippen molar-refractivity contribution < 1.29 is 14.3 Å². The van der Waals surface area contributed by atoms with E-state index in [0.717, 1.165) is 24.5 Å². The Labute approximate surface area is 177 Å². The van der Waals surface area contributed by atoms with Crippen LogP contribution in [0.15, 0.2) is 42.6 Å². The molecule has 0 saturated carbocycles. The molecule has 0 atom stereocenters. The highest BCUT2D eigenvalue weighted by atomic mass is 16.5. The Bertz CT molecular complexity index is 848. The molecule has 0 unspecified atom stereocenters. The van der Waals surface area contributed by atoms with E-state index in [9.17, 15) is 9.59 Å². The summed E-state index contributed by atoms with van der Waals surface area (Å²) in [6, 6.07) is 10.6. The van der Waals surface area contributed by atoms with E-state index < -0.39 is 0 Å². The topological polar surface area (TPSA) is 95.6 Å². The summed E-state index contributed by atoms with van der Waals surface area (Å²) in [6.45, 7) is 7.44. The number of carbonyl (C=O) groups is 2. The molecular formula is C22H29N5O3. The number of benzene rings is 1. The van der Waals surface area contributed by atoms with E-state index in [-0.39, 0.29) is 11.9 Å². The summed E-state index contributed by atoms with van der Waals surface area (Å²) in [5.41, 5.74) is 2.34. The van der Waals surface area contributed by atoms with Gasteiger partial charge in [0.25, 0.3) is 0 Å². The summed E-state index contributed by atoms with van der Waals surface area (Å²) in [4.78, 5) is 30.6. The van der Waals surface area contributed by atoms with Gasteiger partial charge in [-0.1, -0.05) is 13.8 Å². The minimum Gasteiger partial charge on any atom is -0.378 e. The molecule has 1 aliphatic rings. The van der Waals surface area contributed by atoms with Crippen LogP contribution in [0.4, 0.5) is 22.0 Å². The summed E-state index contributed by atoms with van der Waals surface area (Å²) < 4.78 is 5.37. The second-order valence-electron chi connectivity index (χ2n) is 7.65. The van der Waals surface area contributed by atoms with Crippen LogP contribution in [0.1, 0.15) is 25.8 Å². The van der Waals surface area contributed by atoms with E-state index in [2.05, 4.69) is 25.8 Å². The Morgan fingerprint density at radius 1 is 1.07 bits per heavy atom. The van der Waals surface area contributed by atoms with Gasteiger partial charge in [-0.15, -0.1) is 0 Å². The van der Waals surface area contributed by atoms with Crippen LogP contribution < -0.4 is 20.9 Å². The number of carbonyl (C=O) groups excluding carboxylic acids is 2. The maximum atomic E-state index is 12.2. The predicted molar refractivity (Wildman–Crippen MR) is 118 cm³/mol. The quantitative estimate of drug-likeness (QED) is 0.650. The van der Waals surface area contributed by atoms with Crippen LogP contribution in [0.3, 0.4) is 0 Å². The number of hydrogen-bond donors (Lipinski definition) is 3. The number of ether oxygens (including phenoxy) is 1. The van der Waals surface area contributed by atoms with E-state index in [1.807, 2.05) is 26.0 Å². The zero-order valence-corrected chi connectivity index (χ0v) is 17.5. The van der Waals surface area contributed by atoms with E-state index >= 15 is 0 Å². The number of pyridine rings is 1. The van der Waals surface area contributed by atoms with Crippen LogP contribution in [0.25, 0.3) is 0 Å². The molecule has 0 radical (unpaired) electrons. The van der Waals surface area contributed by atoms with Crippen LogP contribution >= 0.6 is 0 Å². The van der Waals surface area contributed by atoms with Crippen LogP contribution in [-0.4, -0.2) is 43.2 Å². The van der Waals surface area contributed by atoms with E-state index in [4.69, 9.17) is 4.74 Å². The smallest absolute Gasteiger partial charge is 0.319 e. The van der Waals surface area contributed by atoms with Crippen molar-refractivity contribution in [3.05, 3.63) is 48.2 Å². The lowest BCUT2D eigenvalue weighted by Crippen LogP contribution is -2.36. The highest BCUT2D eigenvalue weighted by Crippen LogP contribution is 2.16. The third-order valence-electron chi connectivity index (χ3n) is 4.62. The lowest BCUT2D eigenvalue weighted by Gasteiger charge is -2.28. The van der Waals surface area contributed by atoms with Gasteiger partial charge >= 0.3 is 6.03 Å². The maximum absolute atomic E-state index is 12.2. The fourth-order valence-corrected chi connectivity index (χ4v) is 3.11. The highest BCUT2D eigenvalue weighted by molar-refractivity contribution is 5.92. The van der Waals surface area contributed by atoms with E-state index in [1.165, 1.54) is 0 Å². The Balaban J connectivity index is 1.47. The summed E-state index contributed by atoms with van der Waals surface area (Å²) >= 11 is 0. The number of nitrogens with zero attached hydrogens (tertiary/aromatic N) is 2. The molecule has 3 amide bonds. The average Bonchev–Trinajstić information content (AvgIpc) is 2.74. The third kappa shape index (κ3) is 6.73. The van der Waals surface area contributed by atoms with Crippen molar-refractivity contribution in [1.82, 2.24) is 10.3 Å². The summed E-state index contributed by atoms with van der Waals surface area (Å²) in [5, 5.41) is 8.50. The zero-order valence-electron chi connectivity index (χ0n) is 17.5. The third-order valence-corrected chi connectivity index (χ3v) is 4.62. The molecule has 8 heteroatoms. The molecule has 3 rings (SSSR count). The van der Waals surface area contributed by atoms with Crippen LogP contribution in [0.2, 0.25) is 0 Å². The SMILES string of the molecule is CC(C)CC(=O)Nc1ccc(NC(=O)NCc2ccnc(N3CCOCC3)c2)cc1. The molecule has 30 heavy (non-hydrogen) atoms. The Morgan fingerprint density at radius 2 is 1.73 bits per heavy atom. The van der Waals surface area contributed by atoms with E-state index in [1.54, 1.807) is 30.5 Å². The van der Waals surface area contributed by atoms with Crippen LogP contribution in [0.5, 0.6) is 0 Å². The second-order valence-corrected chi connectivity index (χ2v) is 7.65. The van der Waals surface area contributed by atoms with Gasteiger partial charge in [0.05, 0.1) is 13.2 Å². The van der Waals surface area contributed by atoms with Crippen LogP contribution in [-0.2, 0) is 16.1 Å². The number of rotatable bonds is 7. The largest absolute Gasteiger partial charge is 0.378 e. The van der Waals surface area contributed by atoms with Gasteiger partial charge in [0.2, 0.25) is 5.91 Å². The minimum atomic E-state index is -0.295. The Kier molecular flexibility index (Phi) is 7.62. The first-order valence-electron chi connectivity index (χ1n) is 10.2. The van der Waals surface area contributed by atoms with Crippen LogP contribution in [0, 0.1) is 5.92 Å². The number of anilines is 3. The number of morpholine rings is 1. The summed E-state index contributed by atoms with van der Waals surface area (Å²) in [6.07, 6.45) is 2.23.